The molecule has 1 aromatic heterocycles. The molecule has 0 unspecified atom stereocenters. The minimum absolute atomic E-state index is 0.0713. The van der Waals surface area contributed by atoms with E-state index in [1.165, 1.54) is 0 Å². The van der Waals surface area contributed by atoms with Crippen molar-refractivity contribution in [3.63, 3.8) is 0 Å². The van der Waals surface area contributed by atoms with E-state index in [0.29, 0.717) is 18.0 Å². The van der Waals surface area contributed by atoms with Gasteiger partial charge in [-0.25, -0.2) is 0 Å². The number of ether oxygens (including phenoxy) is 1. The molecule has 0 N–H and O–H groups in total. The molecule has 1 fully saturated rings. The molecule has 1 aliphatic rings. The second-order valence-electron chi connectivity index (χ2n) is 7.78. The summed E-state index contributed by atoms with van der Waals surface area (Å²) < 4.78 is 7.14. The first-order valence-corrected chi connectivity index (χ1v) is 10.2. The Labute approximate surface area is 171 Å². The largest absolute Gasteiger partial charge is 0.497 e. The fourth-order valence-corrected chi connectivity index (χ4v) is 3.77. The molecule has 5 nitrogen and oxygen atoms in total. The summed E-state index contributed by atoms with van der Waals surface area (Å²) in [5, 5.41) is 4.79. The van der Waals surface area contributed by atoms with Crippen molar-refractivity contribution in [3.8, 4) is 17.0 Å². The standard InChI is InChI=1S/C24H27N3O2/c1-18-12-14-26(15-13-18)24(28)22-17-27(16-19-6-4-3-5-7-19)25-23(22)20-8-10-21(29-2)11-9-20/h3-11,17-18H,12-16H2,1-2H3. The number of hydrogen-bond acceptors (Lipinski definition) is 3. The van der Waals surface area contributed by atoms with Gasteiger partial charge in [-0.05, 0) is 48.6 Å². The summed E-state index contributed by atoms with van der Waals surface area (Å²) in [5.41, 5.74) is 3.47. The summed E-state index contributed by atoms with van der Waals surface area (Å²) >= 11 is 0. The van der Waals surface area contributed by atoms with Gasteiger partial charge in [0.25, 0.3) is 5.91 Å². The lowest BCUT2D eigenvalue weighted by atomic mass is 9.98. The second kappa shape index (κ2) is 8.52. The van der Waals surface area contributed by atoms with Crippen LogP contribution in [-0.2, 0) is 6.54 Å². The van der Waals surface area contributed by atoms with E-state index in [1.54, 1.807) is 7.11 Å². The quantitative estimate of drug-likeness (QED) is 0.646. The molecular weight excluding hydrogens is 362 g/mol. The van der Waals surface area contributed by atoms with E-state index < -0.39 is 0 Å². The van der Waals surface area contributed by atoms with Gasteiger partial charge in [0.15, 0.2) is 0 Å². The van der Waals surface area contributed by atoms with Crippen LogP contribution in [-0.4, -0.2) is 40.8 Å². The molecule has 1 aliphatic heterocycles. The van der Waals surface area contributed by atoms with Crippen molar-refractivity contribution in [2.45, 2.75) is 26.3 Å². The Morgan fingerprint density at radius 1 is 1.07 bits per heavy atom. The number of rotatable bonds is 5. The maximum absolute atomic E-state index is 13.3. The highest BCUT2D eigenvalue weighted by atomic mass is 16.5. The Kier molecular flexibility index (Phi) is 5.65. The first-order valence-electron chi connectivity index (χ1n) is 10.2. The van der Waals surface area contributed by atoms with E-state index >= 15 is 0 Å². The van der Waals surface area contributed by atoms with Gasteiger partial charge < -0.3 is 9.64 Å². The Bertz CT molecular complexity index is 956. The summed E-state index contributed by atoms with van der Waals surface area (Å²) in [6.45, 7) is 4.51. The number of amides is 1. The Balaban J connectivity index is 1.67. The van der Waals surface area contributed by atoms with Crippen LogP contribution >= 0.6 is 0 Å². The fourth-order valence-electron chi connectivity index (χ4n) is 3.77. The van der Waals surface area contributed by atoms with Crippen LogP contribution in [0, 0.1) is 5.92 Å². The molecule has 2 heterocycles. The van der Waals surface area contributed by atoms with Gasteiger partial charge >= 0.3 is 0 Å². The van der Waals surface area contributed by atoms with Crippen LogP contribution in [0.25, 0.3) is 11.3 Å². The lowest BCUT2D eigenvalue weighted by Crippen LogP contribution is -2.38. The van der Waals surface area contributed by atoms with Gasteiger partial charge in [-0.1, -0.05) is 37.3 Å². The van der Waals surface area contributed by atoms with E-state index in [2.05, 4.69) is 19.1 Å². The van der Waals surface area contributed by atoms with Gasteiger partial charge in [-0.2, -0.15) is 5.10 Å². The van der Waals surface area contributed by atoms with Gasteiger partial charge in [0.1, 0.15) is 11.4 Å². The minimum Gasteiger partial charge on any atom is -0.497 e. The number of carbonyl (C=O) groups is 1. The summed E-state index contributed by atoms with van der Waals surface area (Å²) in [5.74, 6) is 1.54. The zero-order valence-electron chi connectivity index (χ0n) is 17.0. The third kappa shape index (κ3) is 4.34. The number of hydrogen-bond donors (Lipinski definition) is 0. The molecule has 0 spiro atoms. The number of piperidine rings is 1. The van der Waals surface area contributed by atoms with Crippen molar-refractivity contribution in [3.05, 3.63) is 71.9 Å². The number of likely N-dealkylation sites (tertiary alicyclic amines) is 1. The van der Waals surface area contributed by atoms with Gasteiger partial charge in [-0.3, -0.25) is 9.48 Å². The first-order chi connectivity index (χ1) is 14.1. The highest BCUT2D eigenvalue weighted by Crippen LogP contribution is 2.27. The van der Waals surface area contributed by atoms with Crippen LogP contribution in [0.4, 0.5) is 0 Å². The van der Waals surface area contributed by atoms with Gasteiger partial charge in [-0.15, -0.1) is 0 Å². The van der Waals surface area contributed by atoms with E-state index in [-0.39, 0.29) is 5.91 Å². The SMILES string of the molecule is COc1ccc(-c2nn(Cc3ccccc3)cc2C(=O)N2CCC(C)CC2)cc1. The van der Waals surface area contributed by atoms with Crippen LogP contribution < -0.4 is 4.74 Å². The average molecular weight is 389 g/mol. The zero-order valence-corrected chi connectivity index (χ0v) is 17.0. The Morgan fingerprint density at radius 3 is 2.41 bits per heavy atom. The van der Waals surface area contributed by atoms with Crippen molar-refractivity contribution >= 4 is 5.91 Å². The molecule has 1 saturated heterocycles. The van der Waals surface area contributed by atoms with Crippen molar-refractivity contribution < 1.29 is 9.53 Å². The molecule has 0 saturated carbocycles. The zero-order chi connectivity index (χ0) is 20.2. The number of carbonyl (C=O) groups excluding carboxylic acids is 1. The van der Waals surface area contributed by atoms with Gasteiger partial charge in [0, 0.05) is 24.8 Å². The second-order valence-corrected chi connectivity index (χ2v) is 7.78. The lowest BCUT2D eigenvalue weighted by Gasteiger charge is -2.30. The summed E-state index contributed by atoms with van der Waals surface area (Å²) in [7, 11) is 1.65. The van der Waals surface area contributed by atoms with E-state index in [0.717, 1.165) is 48.5 Å². The molecule has 29 heavy (non-hydrogen) atoms. The summed E-state index contributed by atoms with van der Waals surface area (Å²) in [6.07, 6.45) is 4.01. The van der Waals surface area contributed by atoms with Crippen LogP contribution in [0.5, 0.6) is 5.75 Å². The van der Waals surface area contributed by atoms with Crippen molar-refractivity contribution in [2.75, 3.05) is 20.2 Å². The molecule has 0 atom stereocenters. The highest BCUT2D eigenvalue weighted by Gasteiger charge is 2.26. The van der Waals surface area contributed by atoms with Crippen molar-refractivity contribution in [1.29, 1.82) is 0 Å². The molecular formula is C24H27N3O2. The Morgan fingerprint density at radius 2 is 1.76 bits per heavy atom. The summed E-state index contributed by atoms with van der Waals surface area (Å²) in [6, 6.07) is 17.9. The van der Waals surface area contributed by atoms with E-state index in [9.17, 15) is 4.79 Å². The van der Waals surface area contributed by atoms with E-state index in [1.807, 2.05) is 58.2 Å². The molecule has 0 bridgehead atoms. The predicted octanol–water partition coefficient (Wildman–Crippen LogP) is 4.48. The third-order valence-electron chi connectivity index (χ3n) is 5.61. The molecule has 0 aliphatic carbocycles. The average Bonchev–Trinajstić information content (AvgIpc) is 3.18. The highest BCUT2D eigenvalue weighted by molar-refractivity contribution is 5.99. The van der Waals surface area contributed by atoms with Crippen molar-refractivity contribution in [2.24, 2.45) is 5.92 Å². The third-order valence-corrected chi connectivity index (χ3v) is 5.61. The smallest absolute Gasteiger partial charge is 0.257 e. The predicted molar refractivity (Wildman–Crippen MR) is 114 cm³/mol. The van der Waals surface area contributed by atoms with Crippen LogP contribution in [0.3, 0.4) is 0 Å². The number of benzene rings is 2. The molecule has 1 amide bonds. The summed E-state index contributed by atoms with van der Waals surface area (Å²) in [4.78, 5) is 15.3. The van der Waals surface area contributed by atoms with Crippen LogP contribution in [0.1, 0.15) is 35.7 Å². The Hall–Kier alpha value is -3.08. The monoisotopic (exact) mass is 389 g/mol. The molecule has 2 aromatic carbocycles. The topological polar surface area (TPSA) is 47.4 Å². The maximum atomic E-state index is 13.3. The van der Waals surface area contributed by atoms with Gasteiger partial charge in [0.05, 0.1) is 19.2 Å². The molecule has 5 heteroatoms. The van der Waals surface area contributed by atoms with E-state index in [4.69, 9.17) is 9.84 Å². The number of aromatic nitrogens is 2. The maximum Gasteiger partial charge on any atom is 0.257 e. The lowest BCUT2D eigenvalue weighted by molar-refractivity contribution is 0.0698. The normalized spacial score (nSPS) is 14.8. The number of nitrogens with zero attached hydrogens (tertiary/aromatic N) is 3. The molecule has 3 aromatic rings. The minimum atomic E-state index is 0.0713. The fraction of sp³-hybridized carbons (Fsp3) is 0.333. The van der Waals surface area contributed by atoms with Crippen LogP contribution in [0.15, 0.2) is 60.8 Å². The molecule has 150 valence electrons. The van der Waals surface area contributed by atoms with Gasteiger partial charge in [0.2, 0.25) is 0 Å². The molecule has 0 radical (unpaired) electrons. The molecule has 4 rings (SSSR count). The van der Waals surface area contributed by atoms with Crippen LogP contribution in [0.2, 0.25) is 0 Å². The first kappa shape index (κ1) is 19.2. The van der Waals surface area contributed by atoms with Crippen molar-refractivity contribution in [1.82, 2.24) is 14.7 Å². The number of methoxy groups -OCH3 is 1.